The minimum Gasteiger partial charge on any atom is -0.497 e. The molecule has 27 heavy (non-hydrogen) atoms. The van der Waals surface area contributed by atoms with E-state index in [4.69, 9.17) is 9.47 Å². The smallest absolute Gasteiger partial charge is 0.220 e. The van der Waals surface area contributed by atoms with Crippen LogP contribution < -0.4 is 10.1 Å². The zero-order valence-electron chi connectivity index (χ0n) is 16.4. The molecule has 0 aromatic heterocycles. The van der Waals surface area contributed by atoms with Gasteiger partial charge in [-0.25, -0.2) is 0 Å². The van der Waals surface area contributed by atoms with Crippen molar-refractivity contribution in [1.82, 2.24) is 10.2 Å². The molecule has 4 atom stereocenters. The summed E-state index contributed by atoms with van der Waals surface area (Å²) in [6.45, 7) is 3.97. The lowest BCUT2D eigenvalue weighted by Crippen LogP contribution is -2.44. The zero-order chi connectivity index (χ0) is 18.6. The van der Waals surface area contributed by atoms with Gasteiger partial charge in [-0.05, 0) is 54.7 Å². The molecular weight excluding hydrogens is 340 g/mol. The van der Waals surface area contributed by atoms with E-state index in [2.05, 4.69) is 22.3 Å². The molecule has 5 heteroatoms. The molecule has 2 aliphatic carbocycles. The molecule has 0 spiro atoms. The third-order valence-corrected chi connectivity index (χ3v) is 6.81. The molecule has 1 amide bonds. The quantitative estimate of drug-likeness (QED) is 0.799. The Hall–Kier alpha value is -1.59. The minimum atomic E-state index is 0.184. The normalized spacial score (nSPS) is 28.9. The Morgan fingerprint density at radius 2 is 2.00 bits per heavy atom. The fraction of sp³-hybridized carbons (Fsp3) is 0.682. The van der Waals surface area contributed by atoms with Crippen LogP contribution in [0.25, 0.3) is 0 Å². The van der Waals surface area contributed by atoms with E-state index in [0.29, 0.717) is 18.9 Å². The summed E-state index contributed by atoms with van der Waals surface area (Å²) in [6.07, 6.45) is 6.06. The van der Waals surface area contributed by atoms with Crippen molar-refractivity contribution in [3.05, 3.63) is 29.8 Å². The lowest BCUT2D eigenvalue weighted by Gasteiger charge is -2.35. The number of morpholine rings is 1. The molecule has 4 unspecified atom stereocenters. The Morgan fingerprint density at radius 1 is 1.22 bits per heavy atom. The van der Waals surface area contributed by atoms with Crippen molar-refractivity contribution < 1.29 is 14.3 Å². The Balaban J connectivity index is 1.36. The van der Waals surface area contributed by atoms with Crippen LogP contribution in [-0.2, 0) is 9.53 Å². The number of rotatable bonds is 7. The first-order valence-electron chi connectivity index (χ1n) is 10.5. The molecule has 2 saturated carbocycles. The lowest BCUT2D eigenvalue weighted by atomic mass is 9.86. The predicted molar refractivity (Wildman–Crippen MR) is 105 cm³/mol. The maximum Gasteiger partial charge on any atom is 0.220 e. The summed E-state index contributed by atoms with van der Waals surface area (Å²) in [4.78, 5) is 15.0. The second-order valence-electron chi connectivity index (χ2n) is 8.38. The molecule has 5 nitrogen and oxygen atoms in total. The molecule has 1 N–H and O–H groups in total. The zero-order valence-corrected chi connectivity index (χ0v) is 16.4. The van der Waals surface area contributed by atoms with Gasteiger partial charge >= 0.3 is 0 Å². The van der Waals surface area contributed by atoms with Crippen LogP contribution in [0.4, 0.5) is 0 Å². The van der Waals surface area contributed by atoms with Gasteiger partial charge in [-0.2, -0.15) is 0 Å². The van der Waals surface area contributed by atoms with Gasteiger partial charge in [0.2, 0.25) is 5.91 Å². The van der Waals surface area contributed by atoms with Gasteiger partial charge < -0.3 is 14.8 Å². The van der Waals surface area contributed by atoms with Gasteiger partial charge in [0, 0.05) is 26.1 Å². The SMILES string of the molecule is COc1ccc(C(CNC(=O)CC2CC3CCC2C3)N2CCOCC2)cc1. The third kappa shape index (κ3) is 4.46. The summed E-state index contributed by atoms with van der Waals surface area (Å²) in [7, 11) is 1.68. The summed E-state index contributed by atoms with van der Waals surface area (Å²) in [5.41, 5.74) is 1.22. The van der Waals surface area contributed by atoms with Crippen LogP contribution >= 0.6 is 0 Å². The summed E-state index contributed by atoms with van der Waals surface area (Å²) in [5, 5.41) is 3.24. The van der Waals surface area contributed by atoms with Crippen molar-refractivity contribution in [2.24, 2.45) is 17.8 Å². The standard InChI is InChI=1S/C22H32N2O3/c1-26-20-6-4-17(5-7-20)21(24-8-10-27-11-9-24)15-23-22(25)14-19-13-16-2-3-18(19)12-16/h4-7,16,18-19,21H,2-3,8-15H2,1H3,(H,23,25). The van der Waals surface area contributed by atoms with Crippen molar-refractivity contribution >= 4 is 5.91 Å². The van der Waals surface area contributed by atoms with Gasteiger partial charge in [0.1, 0.15) is 5.75 Å². The van der Waals surface area contributed by atoms with Crippen LogP contribution in [0, 0.1) is 17.8 Å². The fourth-order valence-corrected chi connectivity index (χ4v) is 5.32. The number of fused-ring (bicyclic) bond motifs is 2. The minimum absolute atomic E-state index is 0.184. The average Bonchev–Trinajstić information content (AvgIpc) is 3.32. The van der Waals surface area contributed by atoms with Crippen molar-refractivity contribution in [2.75, 3.05) is 40.0 Å². The van der Waals surface area contributed by atoms with Gasteiger partial charge in [-0.1, -0.05) is 18.6 Å². The van der Waals surface area contributed by atoms with Crippen LogP contribution in [0.15, 0.2) is 24.3 Å². The Kier molecular flexibility index (Phi) is 5.98. The second-order valence-corrected chi connectivity index (χ2v) is 8.38. The van der Waals surface area contributed by atoms with Crippen molar-refractivity contribution in [2.45, 2.75) is 38.1 Å². The maximum atomic E-state index is 12.6. The number of ether oxygens (including phenoxy) is 2. The molecule has 4 rings (SSSR count). The Labute approximate surface area is 162 Å². The molecule has 3 aliphatic rings. The van der Waals surface area contributed by atoms with E-state index in [1.807, 2.05) is 12.1 Å². The average molecular weight is 373 g/mol. The molecule has 1 aromatic carbocycles. The first-order valence-corrected chi connectivity index (χ1v) is 10.5. The van der Waals surface area contributed by atoms with E-state index in [1.54, 1.807) is 7.11 Å². The molecular formula is C22H32N2O3. The number of amides is 1. The number of carbonyl (C=O) groups excluding carboxylic acids is 1. The van der Waals surface area contributed by atoms with E-state index < -0.39 is 0 Å². The molecule has 3 fully saturated rings. The molecule has 1 saturated heterocycles. The monoisotopic (exact) mass is 372 g/mol. The van der Waals surface area contributed by atoms with Crippen molar-refractivity contribution in [1.29, 1.82) is 0 Å². The second kappa shape index (κ2) is 8.61. The van der Waals surface area contributed by atoms with Crippen molar-refractivity contribution in [3.8, 4) is 5.75 Å². The van der Waals surface area contributed by atoms with E-state index in [1.165, 1.54) is 31.2 Å². The number of carbonyl (C=O) groups is 1. The Bertz CT molecular complexity index is 627. The molecule has 1 heterocycles. The summed E-state index contributed by atoms with van der Waals surface area (Å²) < 4.78 is 10.8. The van der Waals surface area contributed by atoms with Gasteiger partial charge in [-0.3, -0.25) is 9.69 Å². The highest BCUT2D eigenvalue weighted by Gasteiger charge is 2.40. The third-order valence-electron chi connectivity index (χ3n) is 6.81. The van der Waals surface area contributed by atoms with E-state index in [0.717, 1.165) is 43.9 Å². The lowest BCUT2D eigenvalue weighted by molar-refractivity contribution is -0.122. The highest BCUT2D eigenvalue weighted by molar-refractivity contribution is 5.76. The van der Waals surface area contributed by atoms with Crippen LogP contribution in [0.2, 0.25) is 0 Å². The maximum absolute atomic E-state index is 12.6. The van der Waals surface area contributed by atoms with Crippen LogP contribution in [0.5, 0.6) is 5.75 Å². The molecule has 1 aromatic rings. The van der Waals surface area contributed by atoms with Crippen molar-refractivity contribution in [3.63, 3.8) is 0 Å². The van der Waals surface area contributed by atoms with Gasteiger partial charge in [0.15, 0.2) is 0 Å². The first-order chi connectivity index (χ1) is 13.2. The molecule has 0 radical (unpaired) electrons. The largest absolute Gasteiger partial charge is 0.497 e. The van der Waals surface area contributed by atoms with Crippen LogP contribution in [0.1, 0.15) is 43.7 Å². The van der Waals surface area contributed by atoms with Gasteiger partial charge in [0.25, 0.3) is 0 Å². The number of nitrogens with zero attached hydrogens (tertiary/aromatic N) is 1. The topological polar surface area (TPSA) is 50.8 Å². The molecule has 148 valence electrons. The number of hydrogen-bond acceptors (Lipinski definition) is 4. The van der Waals surface area contributed by atoms with Gasteiger partial charge in [0.05, 0.1) is 26.4 Å². The molecule has 1 aliphatic heterocycles. The Morgan fingerprint density at radius 3 is 2.63 bits per heavy atom. The summed E-state index contributed by atoms with van der Waals surface area (Å²) in [5.74, 6) is 3.40. The van der Waals surface area contributed by atoms with E-state index in [-0.39, 0.29) is 11.9 Å². The molecule has 2 bridgehead atoms. The summed E-state index contributed by atoms with van der Waals surface area (Å²) >= 11 is 0. The number of hydrogen-bond donors (Lipinski definition) is 1. The van der Waals surface area contributed by atoms with Crippen LogP contribution in [-0.4, -0.2) is 50.8 Å². The fourth-order valence-electron chi connectivity index (χ4n) is 5.32. The highest BCUT2D eigenvalue weighted by Crippen LogP contribution is 2.49. The first kappa shape index (κ1) is 18.8. The van der Waals surface area contributed by atoms with Crippen LogP contribution in [0.3, 0.4) is 0 Å². The number of methoxy groups -OCH3 is 1. The number of nitrogens with one attached hydrogen (secondary N) is 1. The van der Waals surface area contributed by atoms with Gasteiger partial charge in [-0.15, -0.1) is 0 Å². The number of benzene rings is 1. The highest BCUT2D eigenvalue weighted by atomic mass is 16.5. The summed E-state index contributed by atoms with van der Waals surface area (Å²) in [6, 6.07) is 8.41. The van der Waals surface area contributed by atoms with E-state index in [9.17, 15) is 4.79 Å². The van der Waals surface area contributed by atoms with E-state index >= 15 is 0 Å². The predicted octanol–water partition coefficient (Wildman–Crippen LogP) is 3.01.